The third-order valence-corrected chi connectivity index (χ3v) is 3.80. The molecular weight excluding hydrogens is 321 g/mol. The molecule has 2 aromatic carbocycles. The Bertz CT molecular complexity index is 673. The zero-order valence-electron chi connectivity index (χ0n) is 12.5. The van der Waals surface area contributed by atoms with E-state index in [2.05, 4.69) is 0 Å². The lowest BCUT2D eigenvalue weighted by Gasteiger charge is -2.23. The van der Waals surface area contributed by atoms with E-state index < -0.39 is 0 Å². The fourth-order valence-electron chi connectivity index (χ4n) is 2.16. The number of hydrogen-bond donors (Lipinski definition) is 0. The standard InChI is InChI=1S/C17H17Cl2NO2/c1-3-20(15-7-5-4-6-12(15)2)17(21)11-22-16-9-8-13(18)10-14(16)19/h4-10H,3,11H2,1-2H3. The van der Waals surface area contributed by atoms with Crippen molar-refractivity contribution in [2.45, 2.75) is 13.8 Å². The van der Waals surface area contributed by atoms with E-state index in [1.807, 2.05) is 38.1 Å². The van der Waals surface area contributed by atoms with Gasteiger partial charge in [0.2, 0.25) is 0 Å². The number of anilines is 1. The fourth-order valence-corrected chi connectivity index (χ4v) is 2.62. The maximum atomic E-state index is 12.4. The molecular formula is C17H17Cl2NO2. The van der Waals surface area contributed by atoms with E-state index in [1.165, 1.54) is 0 Å². The second-order valence-corrected chi connectivity index (χ2v) is 5.63. The van der Waals surface area contributed by atoms with Gasteiger partial charge in [0.05, 0.1) is 5.02 Å². The van der Waals surface area contributed by atoms with E-state index in [4.69, 9.17) is 27.9 Å². The number of carbonyl (C=O) groups excluding carboxylic acids is 1. The summed E-state index contributed by atoms with van der Waals surface area (Å²) in [6.45, 7) is 4.40. The highest BCUT2D eigenvalue weighted by Crippen LogP contribution is 2.27. The van der Waals surface area contributed by atoms with Gasteiger partial charge in [0, 0.05) is 17.3 Å². The van der Waals surface area contributed by atoms with Gasteiger partial charge in [-0.3, -0.25) is 4.79 Å². The molecule has 0 aliphatic rings. The Kier molecular flexibility index (Phi) is 5.69. The van der Waals surface area contributed by atoms with Crippen LogP contribution < -0.4 is 9.64 Å². The number of rotatable bonds is 5. The van der Waals surface area contributed by atoms with Gasteiger partial charge in [-0.1, -0.05) is 41.4 Å². The van der Waals surface area contributed by atoms with Gasteiger partial charge in [-0.15, -0.1) is 0 Å². The number of benzene rings is 2. The molecule has 0 heterocycles. The van der Waals surface area contributed by atoms with Gasteiger partial charge >= 0.3 is 0 Å². The molecule has 2 aromatic rings. The third-order valence-electron chi connectivity index (χ3n) is 3.27. The first kappa shape index (κ1) is 16.7. The number of nitrogens with zero attached hydrogens (tertiary/aromatic N) is 1. The first-order valence-electron chi connectivity index (χ1n) is 6.96. The fraction of sp³-hybridized carbons (Fsp3) is 0.235. The molecule has 5 heteroatoms. The van der Waals surface area contributed by atoms with Crippen molar-refractivity contribution in [1.82, 2.24) is 0 Å². The highest BCUT2D eigenvalue weighted by molar-refractivity contribution is 6.35. The van der Waals surface area contributed by atoms with Gasteiger partial charge in [0.25, 0.3) is 5.91 Å². The minimum Gasteiger partial charge on any atom is -0.482 e. The number of likely N-dealkylation sites (N-methyl/N-ethyl adjacent to an activating group) is 1. The van der Waals surface area contributed by atoms with Crippen LogP contribution in [0.25, 0.3) is 0 Å². The summed E-state index contributed by atoms with van der Waals surface area (Å²) in [5.41, 5.74) is 1.93. The normalized spacial score (nSPS) is 10.4. The van der Waals surface area contributed by atoms with E-state index in [-0.39, 0.29) is 12.5 Å². The predicted molar refractivity (Wildman–Crippen MR) is 91.2 cm³/mol. The number of hydrogen-bond acceptors (Lipinski definition) is 2. The molecule has 0 aliphatic heterocycles. The van der Waals surface area contributed by atoms with Crippen LogP contribution in [-0.2, 0) is 4.79 Å². The summed E-state index contributed by atoms with van der Waals surface area (Å²) in [7, 11) is 0. The van der Waals surface area contributed by atoms with Gasteiger partial charge in [-0.05, 0) is 43.7 Å². The van der Waals surface area contributed by atoms with Crippen molar-refractivity contribution in [3.05, 3.63) is 58.1 Å². The molecule has 2 rings (SSSR count). The van der Waals surface area contributed by atoms with Crippen LogP contribution in [0.4, 0.5) is 5.69 Å². The average Bonchev–Trinajstić information content (AvgIpc) is 2.49. The van der Waals surface area contributed by atoms with Crippen molar-refractivity contribution < 1.29 is 9.53 Å². The lowest BCUT2D eigenvalue weighted by atomic mass is 10.2. The van der Waals surface area contributed by atoms with Gasteiger partial charge in [0.15, 0.2) is 6.61 Å². The summed E-state index contributed by atoms with van der Waals surface area (Å²) in [6, 6.07) is 12.7. The molecule has 3 nitrogen and oxygen atoms in total. The second kappa shape index (κ2) is 7.52. The Labute approximate surface area is 140 Å². The van der Waals surface area contributed by atoms with Crippen LogP contribution in [0.1, 0.15) is 12.5 Å². The Balaban J connectivity index is 2.09. The molecule has 0 aromatic heterocycles. The molecule has 0 unspecified atom stereocenters. The summed E-state index contributed by atoms with van der Waals surface area (Å²) in [6.07, 6.45) is 0. The second-order valence-electron chi connectivity index (χ2n) is 4.79. The predicted octanol–water partition coefficient (Wildman–Crippen LogP) is 4.73. The molecule has 0 radical (unpaired) electrons. The topological polar surface area (TPSA) is 29.5 Å². The molecule has 0 saturated carbocycles. The molecule has 0 atom stereocenters. The number of ether oxygens (including phenoxy) is 1. The van der Waals surface area contributed by atoms with Crippen molar-refractivity contribution in [3.63, 3.8) is 0 Å². The highest BCUT2D eigenvalue weighted by atomic mass is 35.5. The summed E-state index contributed by atoms with van der Waals surface area (Å²) >= 11 is 11.9. The molecule has 0 fully saturated rings. The Hall–Kier alpha value is -1.71. The molecule has 0 aliphatic carbocycles. The summed E-state index contributed by atoms with van der Waals surface area (Å²) in [5, 5.41) is 0.915. The molecule has 1 amide bonds. The van der Waals surface area contributed by atoms with Crippen LogP contribution in [-0.4, -0.2) is 19.1 Å². The van der Waals surface area contributed by atoms with E-state index in [9.17, 15) is 4.79 Å². The smallest absolute Gasteiger partial charge is 0.264 e. The van der Waals surface area contributed by atoms with Crippen molar-refractivity contribution in [2.75, 3.05) is 18.1 Å². The first-order valence-corrected chi connectivity index (χ1v) is 7.72. The number of aryl methyl sites for hydroxylation is 1. The van der Waals surface area contributed by atoms with Crippen LogP contribution in [0, 0.1) is 6.92 Å². The highest BCUT2D eigenvalue weighted by Gasteiger charge is 2.16. The van der Waals surface area contributed by atoms with Crippen LogP contribution in [0.2, 0.25) is 10.0 Å². The van der Waals surface area contributed by atoms with Crippen molar-refractivity contribution in [1.29, 1.82) is 0 Å². The quantitative estimate of drug-likeness (QED) is 0.788. The summed E-state index contributed by atoms with van der Waals surface area (Å²) in [5.74, 6) is 0.322. The zero-order chi connectivity index (χ0) is 16.1. The molecule has 0 N–H and O–H groups in total. The van der Waals surface area contributed by atoms with Crippen LogP contribution in [0.15, 0.2) is 42.5 Å². The summed E-state index contributed by atoms with van der Waals surface area (Å²) in [4.78, 5) is 14.1. The number of para-hydroxylation sites is 1. The third kappa shape index (κ3) is 3.93. The Morgan fingerprint density at radius 2 is 1.91 bits per heavy atom. The number of halogens is 2. The van der Waals surface area contributed by atoms with Gasteiger partial charge in [0.1, 0.15) is 5.75 Å². The van der Waals surface area contributed by atoms with E-state index >= 15 is 0 Å². The van der Waals surface area contributed by atoms with E-state index in [0.717, 1.165) is 11.3 Å². The Morgan fingerprint density at radius 1 is 1.18 bits per heavy atom. The SMILES string of the molecule is CCN(C(=O)COc1ccc(Cl)cc1Cl)c1ccccc1C. The largest absolute Gasteiger partial charge is 0.482 e. The maximum absolute atomic E-state index is 12.4. The van der Waals surface area contributed by atoms with Crippen molar-refractivity contribution >= 4 is 34.8 Å². The van der Waals surface area contributed by atoms with E-state index in [1.54, 1.807) is 23.1 Å². The van der Waals surface area contributed by atoms with Crippen molar-refractivity contribution in [3.8, 4) is 5.75 Å². The zero-order valence-corrected chi connectivity index (χ0v) is 14.0. The molecule has 22 heavy (non-hydrogen) atoms. The lowest BCUT2D eigenvalue weighted by molar-refractivity contribution is -0.120. The minimum atomic E-state index is -0.122. The number of amides is 1. The molecule has 116 valence electrons. The van der Waals surface area contributed by atoms with E-state index in [0.29, 0.717) is 22.3 Å². The number of carbonyl (C=O) groups is 1. The van der Waals surface area contributed by atoms with Crippen LogP contribution >= 0.6 is 23.2 Å². The van der Waals surface area contributed by atoms with Gasteiger partial charge < -0.3 is 9.64 Å². The van der Waals surface area contributed by atoms with Crippen molar-refractivity contribution in [2.24, 2.45) is 0 Å². The molecule has 0 spiro atoms. The van der Waals surface area contributed by atoms with Gasteiger partial charge in [-0.2, -0.15) is 0 Å². The lowest BCUT2D eigenvalue weighted by Crippen LogP contribution is -2.35. The monoisotopic (exact) mass is 337 g/mol. The summed E-state index contributed by atoms with van der Waals surface area (Å²) < 4.78 is 5.52. The van der Waals surface area contributed by atoms with Crippen LogP contribution in [0.5, 0.6) is 5.75 Å². The van der Waals surface area contributed by atoms with Crippen LogP contribution in [0.3, 0.4) is 0 Å². The first-order chi connectivity index (χ1) is 10.5. The molecule has 0 bridgehead atoms. The Morgan fingerprint density at radius 3 is 2.55 bits per heavy atom. The average molecular weight is 338 g/mol. The molecule has 0 saturated heterocycles. The minimum absolute atomic E-state index is 0.0798. The van der Waals surface area contributed by atoms with Gasteiger partial charge in [-0.25, -0.2) is 0 Å². The maximum Gasteiger partial charge on any atom is 0.264 e.